The Balaban J connectivity index is 2.83. The molecule has 1 radical (unpaired) electrons. The molecule has 2 nitrogen and oxygen atoms in total. The molecule has 0 aromatic heterocycles. The summed E-state index contributed by atoms with van der Waals surface area (Å²) in [5.41, 5.74) is 0. The Morgan fingerprint density at radius 1 is 0.867 bits per heavy atom. The fourth-order valence-electron chi connectivity index (χ4n) is 1.69. The number of unbranched alkanes of at least 4 members (excludes halogenated alkanes) is 9. The number of hydrogen-bond acceptors (Lipinski definition) is 1. The first-order valence-electron chi connectivity index (χ1n) is 6.43. The smallest absolute Gasteiger partial charge is 0.207 e. The zero-order valence-electron chi connectivity index (χ0n) is 10.1. The molecule has 0 aromatic carbocycles. The Bertz CT molecular complexity index is 126. The van der Waals surface area contributed by atoms with Gasteiger partial charge in [-0.05, 0) is 6.42 Å². The lowest BCUT2D eigenvalue weighted by atomic mass is 10.1. The first-order valence-corrected chi connectivity index (χ1v) is 6.43. The first kappa shape index (κ1) is 14.5. The van der Waals surface area contributed by atoms with E-state index in [9.17, 15) is 4.79 Å². The molecule has 1 N–H and O–H groups in total. The van der Waals surface area contributed by atoms with Gasteiger partial charge in [0, 0.05) is 6.54 Å². The summed E-state index contributed by atoms with van der Waals surface area (Å²) >= 11 is 0. The average molecular weight is 212 g/mol. The van der Waals surface area contributed by atoms with Gasteiger partial charge in [-0.1, -0.05) is 64.7 Å². The summed E-state index contributed by atoms with van der Waals surface area (Å²) in [4.78, 5) is 9.92. The maximum absolute atomic E-state index is 9.92. The van der Waals surface area contributed by atoms with E-state index in [0.29, 0.717) is 0 Å². The van der Waals surface area contributed by atoms with Crippen molar-refractivity contribution in [3.63, 3.8) is 0 Å². The molecule has 2 heteroatoms. The molecule has 0 spiro atoms. The van der Waals surface area contributed by atoms with Crippen LogP contribution in [0.5, 0.6) is 0 Å². The van der Waals surface area contributed by atoms with E-state index in [1.807, 2.05) is 6.54 Å². The van der Waals surface area contributed by atoms with E-state index in [-0.39, 0.29) is 0 Å². The van der Waals surface area contributed by atoms with Crippen LogP contribution in [0, 0.1) is 6.54 Å². The Kier molecular flexibility index (Phi) is 13.0. The number of rotatable bonds is 12. The number of carbonyl (C=O) groups excluding carboxylic acids is 1. The standard InChI is InChI=1S/C13H26NO/c1-2-3-4-5-6-7-8-9-10-11-12-14-13-15/h12-13H,2-11H2,1H3,(H,14,15). The summed E-state index contributed by atoms with van der Waals surface area (Å²) in [6.07, 6.45) is 13.9. The summed E-state index contributed by atoms with van der Waals surface area (Å²) in [6.45, 7) is 4.10. The Morgan fingerprint density at radius 2 is 1.40 bits per heavy atom. The third-order valence-electron chi connectivity index (χ3n) is 2.64. The van der Waals surface area contributed by atoms with Crippen molar-refractivity contribution in [1.29, 1.82) is 0 Å². The quantitative estimate of drug-likeness (QED) is 0.387. The number of amides is 1. The Labute approximate surface area is 94.8 Å². The van der Waals surface area contributed by atoms with Crippen molar-refractivity contribution >= 4 is 6.41 Å². The van der Waals surface area contributed by atoms with Crippen LogP contribution in [0.15, 0.2) is 0 Å². The van der Waals surface area contributed by atoms with E-state index in [2.05, 4.69) is 12.2 Å². The molecule has 0 aliphatic heterocycles. The predicted molar refractivity (Wildman–Crippen MR) is 65.3 cm³/mol. The maximum Gasteiger partial charge on any atom is 0.207 e. The van der Waals surface area contributed by atoms with Crippen LogP contribution in [-0.4, -0.2) is 6.41 Å². The molecule has 0 saturated carbocycles. The van der Waals surface area contributed by atoms with Crippen molar-refractivity contribution in [3.05, 3.63) is 6.54 Å². The largest absolute Gasteiger partial charge is 0.354 e. The van der Waals surface area contributed by atoms with Gasteiger partial charge in [0.05, 0.1) is 0 Å². The first-order chi connectivity index (χ1) is 7.41. The fourth-order valence-corrected chi connectivity index (χ4v) is 1.69. The summed E-state index contributed by atoms with van der Waals surface area (Å²) in [7, 11) is 0. The highest BCUT2D eigenvalue weighted by atomic mass is 16.1. The van der Waals surface area contributed by atoms with E-state index in [1.54, 1.807) is 0 Å². The molecule has 0 rings (SSSR count). The maximum atomic E-state index is 9.92. The van der Waals surface area contributed by atoms with Crippen molar-refractivity contribution in [3.8, 4) is 0 Å². The minimum atomic E-state index is 0.730. The lowest BCUT2D eigenvalue weighted by molar-refractivity contribution is -0.109. The molecular weight excluding hydrogens is 186 g/mol. The lowest BCUT2D eigenvalue weighted by Gasteiger charge is -2.01. The van der Waals surface area contributed by atoms with E-state index >= 15 is 0 Å². The van der Waals surface area contributed by atoms with Crippen LogP contribution in [0.1, 0.15) is 71.1 Å². The van der Waals surface area contributed by atoms with Crippen LogP contribution in [0.4, 0.5) is 0 Å². The van der Waals surface area contributed by atoms with Gasteiger partial charge in [0.1, 0.15) is 0 Å². The predicted octanol–water partition coefficient (Wildman–Crippen LogP) is 3.82. The fraction of sp³-hybridized carbons (Fsp3) is 0.846. The van der Waals surface area contributed by atoms with Crippen molar-refractivity contribution in [2.75, 3.05) is 0 Å². The molecular formula is C13H26NO. The van der Waals surface area contributed by atoms with E-state index in [0.717, 1.165) is 12.8 Å². The minimum absolute atomic E-state index is 0.730. The molecule has 0 aromatic rings. The van der Waals surface area contributed by atoms with Crippen molar-refractivity contribution < 1.29 is 4.79 Å². The summed E-state index contributed by atoms with van der Waals surface area (Å²) < 4.78 is 0. The molecule has 0 saturated heterocycles. The number of hydrogen-bond donors (Lipinski definition) is 1. The van der Waals surface area contributed by atoms with E-state index < -0.39 is 0 Å². The van der Waals surface area contributed by atoms with Gasteiger partial charge in [-0.15, -0.1) is 0 Å². The molecule has 0 heterocycles. The highest BCUT2D eigenvalue weighted by molar-refractivity contribution is 5.46. The minimum Gasteiger partial charge on any atom is -0.354 e. The average Bonchev–Trinajstić information content (AvgIpc) is 2.26. The molecule has 0 fully saturated rings. The zero-order chi connectivity index (χ0) is 11.2. The summed E-state index contributed by atoms with van der Waals surface area (Å²) in [6, 6.07) is 0. The topological polar surface area (TPSA) is 29.1 Å². The van der Waals surface area contributed by atoms with Crippen LogP contribution >= 0.6 is 0 Å². The van der Waals surface area contributed by atoms with Crippen LogP contribution in [-0.2, 0) is 4.79 Å². The second kappa shape index (κ2) is 13.5. The third kappa shape index (κ3) is 13.5. The van der Waals surface area contributed by atoms with Crippen molar-refractivity contribution in [2.24, 2.45) is 0 Å². The molecule has 0 aliphatic carbocycles. The number of nitrogens with one attached hydrogen (secondary N) is 1. The second-order valence-electron chi connectivity index (χ2n) is 4.11. The van der Waals surface area contributed by atoms with Crippen molar-refractivity contribution in [1.82, 2.24) is 5.32 Å². The number of carbonyl (C=O) groups is 1. The molecule has 89 valence electrons. The van der Waals surface area contributed by atoms with E-state index in [4.69, 9.17) is 0 Å². The van der Waals surface area contributed by atoms with Crippen LogP contribution in [0.25, 0.3) is 0 Å². The monoisotopic (exact) mass is 212 g/mol. The molecule has 0 unspecified atom stereocenters. The Morgan fingerprint density at radius 3 is 1.93 bits per heavy atom. The summed E-state index contributed by atoms with van der Waals surface area (Å²) in [5, 5.41) is 2.57. The van der Waals surface area contributed by atoms with Crippen LogP contribution in [0.2, 0.25) is 0 Å². The van der Waals surface area contributed by atoms with Gasteiger partial charge in [0.2, 0.25) is 6.41 Å². The Hall–Kier alpha value is -0.530. The van der Waals surface area contributed by atoms with Gasteiger partial charge in [0.15, 0.2) is 0 Å². The molecule has 15 heavy (non-hydrogen) atoms. The van der Waals surface area contributed by atoms with Crippen LogP contribution in [0.3, 0.4) is 0 Å². The van der Waals surface area contributed by atoms with Crippen LogP contribution < -0.4 is 5.32 Å². The highest BCUT2D eigenvalue weighted by Crippen LogP contribution is 2.10. The zero-order valence-corrected chi connectivity index (χ0v) is 10.1. The molecule has 0 aliphatic rings. The lowest BCUT2D eigenvalue weighted by Crippen LogP contribution is -2.05. The van der Waals surface area contributed by atoms with Gasteiger partial charge in [0.25, 0.3) is 0 Å². The van der Waals surface area contributed by atoms with Gasteiger partial charge >= 0.3 is 0 Å². The molecule has 0 bridgehead atoms. The highest BCUT2D eigenvalue weighted by Gasteiger charge is 1.92. The van der Waals surface area contributed by atoms with Gasteiger partial charge < -0.3 is 5.32 Å². The van der Waals surface area contributed by atoms with Gasteiger partial charge in [-0.2, -0.15) is 0 Å². The van der Waals surface area contributed by atoms with Crippen molar-refractivity contribution in [2.45, 2.75) is 71.1 Å². The van der Waals surface area contributed by atoms with Gasteiger partial charge in [-0.25, -0.2) is 0 Å². The van der Waals surface area contributed by atoms with E-state index in [1.165, 1.54) is 57.8 Å². The summed E-state index contributed by atoms with van der Waals surface area (Å²) in [5.74, 6) is 0. The SMILES string of the molecule is CCCCCCCCCCC[CH]NC=O. The molecule has 1 amide bonds. The normalized spacial score (nSPS) is 10.2. The third-order valence-corrected chi connectivity index (χ3v) is 2.64. The van der Waals surface area contributed by atoms with Gasteiger partial charge in [-0.3, -0.25) is 4.79 Å². The second-order valence-corrected chi connectivity index (χ2v) is 4.11. The molecule has 0 atom stereocenters.